The molecule has 164 valence electrons. The number of hydrogen-bond donors (Lipinski definition) is 0. The predicted octanol–water partition coefficient (Wildman–Crippen LogP) is 6.50. The van der Waals surface area contributed by atoms with Crippen molar-refractivity contribution in [3.63, 3.8) is 0 Å². The lowest BCUT2D eigenvalue weighted by atomic mass is 10.0. The normalized spacial score (nSPS) is 11.1. The van der Waals surface area contributed by atoms with E-state index in [0.717, 1.165) is 15.4 Å². The van der Waals surface area contributed by atoms with Crippen LogP contribution in [-0.4, -0.2) is 13.1 Å². The molecule has 0 aliphatic rings. The predicted molar refractivity (Wildman–Crippen MR) is 128 cm³/mol. The Kier molecular flexibility index (Phi) is 5.26. The molecule has 7 heteroatoms. The first-order valence-corrected chi connectivity index (χ1v) is 10.9. The fourth-order valence-corrected chi connectivity index (χ4v) is 4.02. The van der Waals surface area contributed by atoms with E-state index in [1.807, 2.05) is 36.4 Å². The zero-order valence-electron chi connectivity index (χ0n) is 17.7. The zero-order chi connectivity index (χ0) is 23.1. The summed E-state index contributed by atoms with van der Waals surface area (Å²) >= 11 is 3.40. The Bertz CT molecular complexity index is 1580. The molecule has 0 saturated carbocycles. The minimum atomic E-state index is -0.668. The van der Waals surface area contributed by atoms with Gasteiger partial charge in [0, 0.05) is 15.9 Å². The Morgan fingerprint density at radius 2 is 1.76 bits per heavy atom. The van der Waals surface area contributed by atoms with Gasteiger partial charge in [0.15, 0.2) is 11.3 Å². The lowest BCUT2D eigenvalue weighted by Gasteiger charge is -2.08. The van der Waals surface area contributed by atoms with Crippen molar-refractivity contribution in [1.82, 2.24) is 0 Å². The fourth-order valence-electron chi connectivity index (χ4n) is 3.75. The van der Waals surface area contributed by atoms with E-state index in [2.05, 4.69) is 15.9 Å². The van der Waals surface area contributed by atoms with Crippen molar-refractivity contribution in [2.45, 2.75) is 6.92 Å². The number of carbonyl (C=O) groups is 1. The van der Waals surface area contributed by atoms with Gasteiger partial charge in [-0.25, -0.2) is 4.79 Å². The molecule has 2 aromatic heterocycles. The summed E-state index contributed by atoms with van der Waals surface area (Å²) < 4.78 is 23.2. The summed E-state index contributed by atoms with van der Waals surface area (Å²) in [5.74, 6) is 0.605. The molecule has 5 rings (SSSR count). The lowest BCUT2D eigenvalue weighted by Crippen LogP contribution is -2.09. The van der Waals surface area contributed by atoms with Gasteiger partial charge >= 0.3 is 5.97 Å². The van der Waals surface area contributed by atoms with Gasteiger partial charge in [0.1, 0.15) is 17.1 Å². The number of halogens is 1. The van der Waals surface area contributed by atoms with Crippen LogP contribution in [-0.2, 0) is 0 Å². The molecule has 0 aliphatic carbocycles. The molecule has 0 unspecified atom stereocenters. The van der Waals surface area contributed by atoms with Gasteiger partial charge < -0.3 is 18.3 Å². The van der Waals surface area contributed by atoms with Gasteiger partial charge in [-0.15, -0.1) is 0 Å². The molecule has 0 aliphatic heterocycles. The van der Waals surface area contributed by atoms with E-state index in [0.29, 0.717) is 33.6 Å². The van der Waals surface area contributed by atoms with Crippen LogP contribution in [0.5, 0.6) is 11.5 Å². The topological polar surface area (TPSA) is 78.9 Å². The summed E-state index contributed by atoms with van der Waals surface area (Å²) in [4.78, 5) is 25.8. The molecule has 0 N–H and O–H groups in total. The van der Waals surface area contributed by atoms with E-state index in [1.165, 1.54) is 13.2 Å². The van der Waals surface area contributed by atoms with Crippen LogP contribution in [0.1, 0.15) is 16.3 Å². The quantitative estimate of drug-likeness (QED) is 0.205. The van der Waals surface area contributed by atoms with E-state index < -0.39 is 5.97 Å². The number of para-hydroxylation sites is 1. The number of aryl methyl sites for hydroxylation is 1. The molecule has 5 aromatic rings. The van der Waals surface area contributed by atoms with Crippen molar-refractivity contribution in [1.29, 1.82) is 0 Å². The number of benzene rings is 3. The monoisotopic (exact) mass is 504 g/mol. The number of carbonyl (C=O) groups excluding carboxylic acids is 1. The van der Waals surface area contributed by atoms with Gasteiger partial charge in [-0.3, -0.25) is 4.79 Å². The third kappa shape index (κ3) is 3.81. The van der Waals surface area contributed by atoms with Crippen molar-refractivity contribution in [2.24, 2.45) is 0 Å². The highest BCUT2D eigenvalue weighted by Gasteiger charge is 2.19. The Labute approximate surface area is 196 Å². The SMILES string of the molecule is COc1cccc2cc(C(=O)Oc3ccc4c(=O)c(-c5ccc(Br)cc5)c(C)oc4c3)oc12. The highest BCUT2D eigenvalue weighted by molar-refractivity contribution is 9.10. The van der Waals surface area contributed by atoms with Crippen molar-refractivity contribution < 1.29 is 23.1 Å². The second kappa shape index (κ2) is 8.26. The Hall–Kier alpha value is -3.84. The smallest absolute Gasteiger partial charge is 0.379 e. The maximum Gasteiger partial charge on any atom is 0.379 e. The van der Waals surface area contributed by atoms with Crippen LogP contribution in [0.3, 0.4) is 0 Å². The summed E-state index contributed by atoms with van der Waals surface area (Å²) in [7, 11) is 1.53. The van der Waals surface area contributed by atoms with E-state index in [4.69, 9.17) is 18.3 Å². The first-order valence-electron chi connectivity index (χ1n) is 10.1. The molecule has 3 aromatic carbocycles. The number of rotatable bonds is 4. The van der Waals surface area contributed by atoms with Crippen LogP contribution in [0.25, 0.3) is 33.1 Å². The standard InChI is InChI=1S/C26H17BrO6/c1-14-23(15-6-8-17(27)9-7-15)24(28)19-11-10-18(13-21(19)31-14)32-26(29)22-12-16-4-3-5-20(30-2)25(16)33-22/h3-13H,1-2H3. The third-order valence-corrected chi connectivity index (χ3v) is 5.84. The largest absolute Gasteiger partial charge is 0.493 e. The maximum absolute atomic E-state index is 13.1. The highest BCUT2D eigenvalue weighted by Crippen LogP contribution is 2.30. The van der Waals surface area contributed by atoms with Crippen LogP contribution in [0, 0.1) is 6.92 Å². The van der Waals surface area contributed by atoms with E-state index in [9.17, 15) is 9.59 Å². The summed E-state index contributed by atoms with van der Waals surface area (Å²) in [5, 5.41) is 1.12. The van der Waals surface area contributed by atoms with Gasteiger partial charge in [0.05, 0.1) is 18.1 Å². The van der Waals surface area contributed by atoms with Gasteiger partial charge in [0.25, 0.3) is 0 Å². The molecule has 0 amide bonds. The molecule has 2 heterocycles. The summed E-state index contributed by atoms with van der Waals surface area (Å²) in [6.07, 6.45) is 0. The molecular weight excluding hydrogens is 488 g/mol. The molecule has 0 spiro atoms. The van der Waals surface area contributed by atoms with Crippen LogP contribution in [0.4, 0.5) is 0 Å². The maximum atomic E-state index is 13.1. The number of esters is 1. The van der Waals surface area contributed by atoms with Crippen molar-refractivity contribution in [2.75, 3.05) is 7.11 Å². The highest BCUT2D eigenvalue weighted by atomic mass is 79.9. The van der Waals surface area contributed by atoms with Gasteiger partial charge in [-0.1, -0.05) is 40.2 Å². The second-order valence-corrected chi connectivity index (χ2v) is 8.32. The Morgan fingerprint density at radius 1 is 0.970 bits per heavy atom. The summed E-state index contributed by atoms with van der Waals surface area (Å²) in [6, 6.07) is 19.1. The third-order valence-electron chi connectivity index (χ3n) is 5.31. The molecule has 0 atom stereocenters. The van der Waals surface area contributed by atoms with Gasteiger partial charge in [-0.2, -0.15) is 0 Å². The number of fused-ring (bicyclic) bond motifs is 2. The molecule has 33 heavy (non-hydrogen) atoms. The van der Waals surface area contributed by atoms with E-state index in [1.54, 1.807) is 31.2 Å². The lowest BCUT2D eigenvalue weighted by molar-refractivity contribution is 0.0704. The zero-order valence-corrected chi connectivity index (χ0v) is 19.3. The van der Waals surface area contributed by atoms with Crippen LogP contribution in [0.15, 0.2) is 84.8 Å². The van der Waals surface area contributed by atoms with Gasteiger partial charge in [0.2, 0.25) is 11.2 Å². The van der Waals surface area contributed by atoms with Crippen molar-refractivity contribution >= 4 is 43.8 Å². The molecule has 0 radical (unpaired) electrons. The van der Waals surface area contributed by atoms with E-state index >= 15 is 0 Å². The minimum absolute atomic E-state index is 0.0396. The number of furan rings is 1. The molecule has 0 saturated heterocycles. The summed E-state index contributed by atoms with van der Waals surface area (Å²) in [5.41, 5.74) is 1.90. The second-order valence-electron chi connectivity index (χ2n) is 7.41. The number of hydrogen-bond acceptors (Lipinski definition) is 6. The first kappa shape index (κ1) is 21.0. The van der Waals surface area contributed by atoms with Crippen molar-refractivity contribution in [3.8, 4) is 22.6 Å². The summed E-state index contributed by atoms with van der Waals surface area (Å²) in [6.45, 7) is 1.73. The first-order chi connectivity index (χ1) is 15.9. The average Bonchev–Trinajstić information content (AvgIpc) is 3.25. The van der Waals surface area contributed by atoms with Crippen LogP contribution < -0.4 is 14.9 Å². The number of methoxy groups -OCH3 is 1. The van der Waals surface area contributed by atoms with E-state index in [-0.39, 0.29) is 16.9 Å². The van der Waals surface area contributed by atoms with Crippen LogP contribution in [0.2, 0.25) is 0 Å². The number of ether oxygens (including phenoxy) is 2. The average molecular weight is 505 g/mol. The Morgan fingerprint density at radius 3 is 2.52 bits per heavy atom. The minimum Gasteiger partial charge on any atom is -0.493 e. The molecule has 0 bridgehead atoms. The Balaban J connectivity index is 1.49. The molecule has 6 nitrogen and oxygen atoms in total. The fraction of sp³-hybridized carbons (Fsp3) is 0.0769. The van der Waals surface area contributed by atoms with Crippen LogP contribution >= 0.6 is 15.9 Å². The van der Waals surface area contributed by atoms with Crippen molar-refractivity contribution in [3.05, 3.63) is 92.9 Å². The molecular formula is C26H17BrO6. The molecule has 0 fully saturated rings. The van der Waals surface area contributed by atoms with Gasteiger partial charge in [-0.05, 0) is 48.9 Å².